The van der Waals surface area contributed by atoms with Crippen molar-refractivity contribution in [2.24, 2.45) is 0 Å². The molecule has 0 saturated carbocycles. The van der Waals surface area contributed by atoms with E-state index in [-0.39, 0.29) is 5.91 Å². The van der Waals surface area contributed by atoms with E-state index in [0.717, 1.165) is 15.7 Å². The predicted octanol–water partition coefficient (Wildman–Crippen LogP) is 3.48. The zero-order chi connectivity index (χ0) is 10.6. The lowest BCUT2D eigenvalue weighted by Gasteiger charge is -2.09. The molecule has 1 aromatic carbocycles. The molecule has 0 spiro atoms. The van der Waals surface area contributed by atoms with Gasteiger partial charge in [-0.3, -0.25) is 4.79 Å². The number of para-hydroxylation sites is 1. The summed E-state index contributed by atoms with van der Waals surface area (Å²) >= 11 is 6.63. The quantitative estimate of drug-likeness (QED) is 0.849. The summed E-state index contributed by atoms with van der Waals surface area (Å²) in [5.74, 6) is 0.0249. The first-order chi connectivity index (χ1) is 6.65. The molecule has 0 aliphatic carbocycles. The number of benzene rings is 1. The molecular formula is C10H11Br2NO. The number of anilines is 1. The Balaban J connectivity index is 2.80. The second kappa shape index (κ2) is 5.51. The topological polar surface area (TPSA) is 29.1 Å². The van der Waals surface area contributed by atoms with Crippen molar-refractivity contribution in [3.8, 4) is 0 Å². The summed E-state index contributed by atoms with van der Waals surface area (Å²) in [4.78, 5) is 11.4. The molecule has 4 heteroatoms. The molecule has 1 N–H and O–H groups in total. The second-order valence-corrected chi connectivity index (χ2v) is 4.57. The first-order valence-corrected chi connectivity index (χ1v) is 6.17. The lowest BCUT2D eigenvalue weighted by atomic mass is 10.2. The highest BCUT2D eigenvalue weighted by molar-refractivity contribution is 9.10. The minimum atomic E-state index is 0.0249. The van der Waals surface area contributed by atoms with E-state index < -0.39 is 0 Å². The molecule has 0 aliphatic heterocycles. The molecule has 0 aliphatic rings. The third-order valence-corrected chi connectivity index (χ3v) is 2.87. The highest BCUT2D eigenvalue weighted by Gasteiger charge is 2.06. The van der Waals surface area contributed by atoms with Crippen LogP contribution in [0.3, 0.4) is 0 Å². The van der Waals surface area contributed by atoms with Gasteiger partial charge in [0.05, 0.1) is 5.69 Å². The van der Waals surface area contributed by atoms with Gasteiger partial charge in [-0.15, -0.1) is 0 Å². The van der Waals surface area contributed by atoms with Crippen LogP contribution >= 0.6 is 31.9 Å². The number of aryl methyl sites for hydroxylation is 1. The molecule has 2 nitrogen and oxygen atoms in total. The van der Waals surface area contributed by atoms with Gasteiger partial charge in [-0.1, -0.05) is 28.1 Å². The summed E-state index contributed by atoms with van der Waals surface area (Å²) in [7, 11) is 0. The summed E-state index contributed by atoms with van der Waals surface area (Å²) in [6, 6.07) is 5.82. The normalized spacial score (nSPS) is 9.93. The maximum Gasteiger partial charge on any atom is 0.225 e. The van der Waals surface area contributed by atoms with Gasteiger partial charge in [-0.05, 0) is 34.5 Å². The van der Waals surface area contributed by atoms with E-state index in [2.05, 4.69) is 37.2 Å². The van der Waals surface area contributed by atoms with Crippen molar-refractivity contribution >= 4 is 43.5 Å². The molecule has 0 atom stereocenters. The van der Waals surface area contributed by atoms with E-state index in [4.69, 9.17) is 0 Å². The second-order valence-electron chi connectivity index (χ2n) is 2.92. The molecule has 1 aromatic rings. The standard InChI is InChI=1S/C10H11Br2NO/c1-7-3-2-4-8(12)10(7)13-9(14)5-6-11/h2-4H,5-6H2,1H3,(H,13,14). The van der Waals surface area contributed by atoms with Crippen LogP contribution in [0.5, 0.6) is 0 Å². The molecule has 14 heavy (non-hydrogen) atoms. The summed E-state index contributed by atoms with van der Waals surface area (Å²) in [5.41, 5.74) is 1.92. The number of nitrogens with one attached hydrogen (secondary N) is 1. The number of halogens is 2. The van der Waals surface area contributed by atoms with Crippen molar-refractivity contribution in [1.29, 1.82) is 0 Å². The fourth-order valence-corrected chi connectivity index (χ4v) is 2.00. The lowest BCUT2D eigenvalue weighted by Crippen LogP contribution is -2.12. The number of rotatable bonds is 3. The smallest absolute Gasteiger partial charge is 0.225 e. The van der Waals surface area contributed by atoms with Crippen molar-refractivity contribution in [3.05, 3.63) is 28.2 Å². The third kappa shape index (κ3) is 3.10. The highest BCUT2D eigenvalue weighted by Crippen LogP contribution is 2.25. The first kappa shape index (κ1) is 11.7. The molecule has 76 valence electrons. The Hall–Kier alpha value is -0.350. The fraction of sp³-hybridized carbons (Fsp3) is 0.300. The van der Waals surface area contributed by atoms with Gasteiger partial charge in [-0.2, -0.15) is 0 Å². The van der Waals surface area contributed by atoms with E-state index in [1.165, 1.54) is 0 Å². The zero-order valence-electron chi connectivity index (χ0n) is 7.81. The van der Waals surface area contributed by atoms with E-state index in [1.807, 2.05) is 25.1 Å². The van der Waals surface area contributed by atoms with Crippen LogP contribution in [-0.4, -0.2) is 11.2 Å². The Morgan fingerprint density at radius 3 is 2.79 bits per heavy atom. The van der Waals surface area contributed by atoms with Crippen molar-refractivity contribution < 1.29 is 4.79 Å². The van der Waals surface area contributed by atoms with Crippen molar-refractivity contribution in [1.82, 2.24) is 0 Å². The van der Waals surface area contributed by atoms with Crippen molar-refractivity contribution in [2.75, 3.05) is 10.6 Å². The molecule has 1 rings (SSSR count). The minimum Gasteiger partial charge on any atom is -0.325 e. The van der Waals surface area contributed by atoms with Gasteiger partial charge >= 0.3 is 0 Å². The molecule has 0 unspecified atom stereocenters. The number of hydrogen-bond acceptors (Lipinski definition) is 1. The molecular weight excluding hydrogens is 310 g/mol. The predicted molar refractivity (Wildman–Crippen MR) is 65.9 cm³/mol. The first-order valence-electron chi connectivity index (χ1n) is 4.26. The average Bonchev–Trinajstić information content (AvgIpc) is 2.12. The number of hydrogen-bond donors (Lipinski definition) is 1. The molecule has 0 saturated heterocycles. The van der Waals surface area contributed by atoms with Gasteiger partial charge in [0, 0.05) is 16.2 Å². The van der Waals surface area contributed by atoms with Crippen LogP contribution in [0.1, 0.15) is 12.0 Å². The Kier molecular flexibility index (Phi) is 4.62. The Bertz CT molecular complexity index is 319. The monoisotopic (exact) mass is 319 g/mol. The van der Waals surface area contributed by atoms with E-state index in [9.17, 15) is 4.79 Å². The average molecular weight is 321 g/mol. The molecule has 0 aromatic heterocycles. The van der Waals surface area contributed by atoms with Crippen LogP contribution in [0.2, 0.25) is 0 Å². The van der Waals surface area contributed by atoms with Gasteiger partial charge in [0.15, 0.2) is 0 Å². The van der Waals surface area contributed by atoms with Crippen molar-refractivity contribution in [3.63, 3.8) is 0 Å². The van der Waals surface area contributed by atoms with E-state index in [1.54, 1.807) is 0 Å². The van der Waals surface area contributed by atoms with Crippen LogP contribution in [0.15, 0.2) is 22.7 Å². The highest BCUT2D eigenvalue weighted by atomic mass is 79.9. The Morgan fingerprint density at radius 1 is 1.50 bits per heavy atom. The number of carbonyl (C=O) groups excluding carboxylic acids is 1. The van der Waals surface area contributed by atoms with Crippen molar-refractivity contribution in [2.45, 2.75) is 13.3 Å². The van der Waals surface area contributed by atoms with Crippen LogP contribution in [0.4, 0.5) is 5.69 Å². The zero-order valence-corrected chi connectivity index (χ0v) is 11.0. The maximum absolute atomic E-state index is 11.4. The van der Waals surface area contributed by atoms with Gasteiger partial charge < -0.3 is 5.32 Å². The number of carbonyl (C=O) groups is 1. The summed E-state index contributed by atoms with van der Waals surface area (Å²) in [6.45, 7) is 1.97. The van der Waals surface area contributed by atoms with Gasteiger partial charge in [-0.25, -0.2) is 0 Å². The Labute approximate surface area is 100 Å². The van der Waals surface area contributed by atoms with Crippen LogP contribution in [-0.2, 0) is 4.79 Å². The van der Waals surface area contributed by atoms with E-state index in [0.29, 0.717) is 11.8 Å². The third-order valence-electron chi connectivity index (χ3n) is 1.81. The summed E-state index contributed by atoms with van der Waals surface area (Å²) < 4.78 is 0.917. The van der Waals surface area contributed by atoms with Crippen LogP contribution in [0.25, 0.3) is 0 Å². The summed E-state index contributed by atoms with van der Waals surface area (Å²) in [5, 5.41) is 3.55. The summed E-state index contributed by atoms with van der Waals surface area (Å²) in [6.07, 6.45) is 0.487. The van der Waals surface area contributed by atoms with Crippen LogP contribution in [0, 0.1) is 6.92 Å². The Morgan fingerprint density at radius 2 is 2.21 bits per heavy atom. The van der Waals surface area contributed by atoms with Gasteiger partial charge in [0.2, 0.25) is 5.91 Å². The largest absolute Gasteiger partial charge is 0.325 e. The SMILES string of the molecule is Cc1cccc(Br)c1NC(=O)CCBr. The number of alkyl halides is 1. The molecule has 0 fully saturated rings. The van der Waals surface area contributed by atoms with Gasteiger partial charge in [0.25, 0.3) is 0 Å². The maximum atomic E-state index is 11.4. The molecule has 0 bridgehead atoms. The fourth-order valence-electron chi connectivity index (χ4n) is 1.08. The minimum absolute atomic E-state index is 0.0249. The molecule has 1 amide bonds. The molecule has 0 radical (unpaired) electrons. The lowest BCUT2D eigenvalue weighted by molar-refractivity contribution is -0.115. The number of amides is 1. The van der Waals surface area contributed by atoms with Crippen LogP contribution < -0.4 is 5.32 Å². The van der Waals surface area contributed by atoms with E-state index >= 15 is 0 Å². The van der Waals surface area contributed by atoms with Gasteiger partial charge in [0.1, 0.15) is 0 Å². The molecule has 0 heterocycles.